The van der Waals surface area contributed by atoms with Gasteiger partial charge in [0.2, 0.25) is 11.8 Å². The number of hydrogen-bond acceptors (Lipinski definition) is 3. The summed E-state index contributed by atoms with van der Waals surface area (Å²) in [6.45, 7) is 2.45. The average Bonchev–Trinajstić information content (AvgIpc) is 3.36. The first kappa shape index (κ1) is 17.5. The Bertz CT molecular complexity index is 679. The van der Waals surface area contributed by atoms with E-state index in [1.54, 1.807) is 17.0 Å². The van der Waals surface area contributed by atoms with Gasteiger partial charge in [-0.15, -0.1) is 0 Å². The van der Waals surface area contributed by atoms with Crippen molar-refractivity contribution >= 4 is 17.5 Å². The van der Waals surface area contributed by atoms with E-state index >= 15 is 0 Å². The van der Waals surface area contributed by atoms with Crippen molar-refractivity contribution in [3.8, 4) is 0 Å². The largest absolute Gasteiger partial charge is 0.349 e. The number of carbonyl (C=O) groups is 2. The monoisotopic (exact) mass is 359 g/mol. The van der Waals surface area contributed by atoms with E-state index in [0.29, 0.717) is 18.7 Å². The van der Waals surface area contributed by atoms with Gasteiger partial charge in [-0.3, -0.25) is 14.5 Å². The Morgan fingerprint density at radius 2 is 1.73 bits per heavy atom. The predicted octanol–water partition coefficient (Wildman–Crippen LogP) is 2.46. The molecule has 3 aliphatic rings. The molecule has 3 fully saturated rings. The van der Waals surface area contributed by atoms with Crippen LogP contribution in [0, 0.1) is 5.82 Å². The molecule has 0 spiro atoms. The van der Waals surface area contributed by atoms with Crippen LogP contribution in [0.1, 0.15) is 44.9 Å². The Morgan fingerprint density at radius 1 is 1.08 bits per heavy atom. The summed E-state index contributed by atoms with van der Waals surface area (Å²) in [6, 6.07) is 5.76. The number of amides is 2. The number of nitrogens with zero attached hydrogens (tertiary/aromatic N) is 2. The number of carbonyl (C=O) groups excluding carboxylic acids is 2. The minimum Gasteiger partial charge on any atom is -0.349 e. The Kier molecular flexibility index (Phi) is 4.69. The van der Waals surface area contributed by atoms with E-state index in [-0.39, 0.29) is 29.2 Å². The molecule has 2 saturated heterocycles. The van der Waals surface area contributed by atoms with Crippen LogP contribution in [0.15, 0.2) is 24.3 Å². The fourth-order valence-corrected chi connectivity index (χ4v) is 4.79. The number of anilines is 1. The second kappa shape index (κ2) is 6.99. The van der Waals surface area contributed by atoms with E-state index in [9.17, 15) is 14.0 Å². The predicted molar refractivity (Wildman–Crippen MR) is 97.3 cm³/mol. The first-order valence-electron chi connectivity index (χ1n) is 9.70. The second-order valence-corrected chi connectivity index (χ2v) is 7.79. The Morgan fingerprint density at radius 3 is 2.38 bits per heavy atom. The summed E-state index contributed by atoms with van der Waals surface area (Å²) in [5.41, 5.74) is 0.311. The summed E-state index contributed by atoms with van der Waals surface area (Å²) in [4.78, 5) is 29.6. The Hall–Kier alpha value is -1.95. The van der Waals surface area contributed by atoms with E-state index < -0.39 is 0 Å². The molecule has 1 unspecified atom stereocenters. The van der Waals surface area contributed by atoms with E-state index in [1.807, 2.05) is 0 Å². The lowest BCUT2D eigenvalue weighted by Crippen LogP contribution is -2.58. The fraction of sp³-hybridized carbons (Fsp3) is 0.600. The SMILES string of the molecule is O=C1CC(NC(=O)C2(N3CCCC3)CCCC2)CN1c1ccc(F)cc1. The zero-order valence-electron chi connectivity index (χ0n) is 15.0. The van der Waals surface area contributed by atoms with Gasteiger partial charge in [-0.05, 0) is 63.0 Å². The maximum atomic E-state index is 13.2. The third-order valence-corrected chi connectivity index (χ3v) is 6.16. The summed E-state index contributed by atoms with van der Waals surface area (Å²) in [5, 5.41) is 3.16. The van der Waals surface area contributed by atoms with Gasteiger partial charge < -0.3 is 10.2 Å². The lowest BCUT2D eigenvalue weighted by atomic mass is 9.93. The first-order chi connectivity index (χ1) is 12.6. The minimum absolute atomic E-state index is 0.0245. The number of halogens is 1. The van der Waals surface area contributed by atoms with E-state index in [4.69, 9.17) is 0 Å². The molecule has 6 heteroatoms. The quantitative estimate of drug-likeness (QED) is 0.898. The van der Waals surface area contributed by atoms with Crippen LogP contribution in [0.5, 0.6) is 0 Å². The van der Waals surface area contributed by atoms with Crippen molar-refractivity contribution in [3.05, 3.63) is 30.1 Å². The summed E-state index contributed by atoms with van der Waals surface area (Å²) < 4.78 is 13.1. The van der Waals surface area contributed by atoms with Crippen molar-refractivity contribution < 1.29 is 14.0 Å². The first-order valence-corrected chi connectivity index (χ1v) is 9.70. The van der Waals surface area contributed by atoms with Crippen molar-refractivity contribution in [1.82, 2.24) is 10.2 Å². The molecule has 2 aliphatic heterocycles. The summed E-state index contributed by atoms with van der Waals surface area (Å²) in [5.74, 6) is -0.252. The van der Waals surface area contributed by atoms with Gasteiger partial charge in [-0.2, -0.15) is 0 Å². The van der Waals surface area contributed by atoms with Crippen molar-refractivity contribution in [2.45, 2.75) is 56.5 Å². The molecular weight excluding hydrogens is 333 g/mol. The van der Waals surface area contributed by atoms with Crippen LogP contribution in [0.3, 0.4) is 0 Å². The summed E-state index contributed by atoms with van der Waals surface area (Å²) >= 11 is 0. The zero-order chi connectivity index (χ0) is 18.1. The minimum atomic E-state index is -0.372. The van der Waals surface area contributed by atoms with Crippen LogP contribution >= 0.6 is 0 Å². The topological polar surface area (TPSA) is 52.7 Å². The van der Waals surface area contributed by atoms with E-state index in [1.165, 1.54) is 12.1 Å². The molecule has 1 aromatic rings. The highest BCUT2D eigenvalue weighted by molar-refractivity contribution is 5.97. The van der Waals surface area contributed by atoms with Crippen LogP contribution in [0.25, 0.3) is 0 Å². The Labute approximate surface area is 153 Å². The number of benzene rings is 1. The van der Waals surface area contributed by atoms with Crippen LogP contribution in [-0.2, 0) is 9.59 Å². The molecule has 2 amide bonds. The molecule has 1 saturated carbocycles. The van der Waals surface area contributed by atoms with Crippen LogP contribution in [0.4, 0.5) is 10.1 Å². The van der Waals surface area contributed by atoms with Gasteiger partial charge in [0.25, 0.3) is 0 Å². The van der Waals surface area contributed by atoms with E-state index in [2.05, 4.69) is 10.2 Å². The second-order valence-electron chi connectivity index (χ2n) is 7.79. The lowest BCUT2D eigenvalue weighted by Gasteiger charge is -2.38. The molecule has 5 nitrogen and oxygen atoms in total. The van der Waals surface area contributed by atoms with Crippen LogP contribution in [-0.4, -0.2) is 47.9 Å². The lowest BCUT2D eigenvalue weighted by molar-refractivity contribution is -0.133. The molecule has 2 heterocycles. The van der Waals surface area contributed by atoms with Gasteiger partial charge in [0, 0.05) is 18.7 Å². The van der Waals surface area contributed by atoms with Crippen molar-refractivity contribution in [1.29, 1.82) is 0 Å². The number of hydrogen-bond donors (Lipinski definition) is 1. The third-order valence-electron chi connectivity index (χ3n) is 6.16. The van der Waals surface area contributed by atoms with Gasteiger partial charge in [0.1, 0.15) is 11.4 Å². The molecule has 1 N–H and O–H groups in total. The van der Waals surface area contributed by atoms with Gasteiger partial charge in [0.15, 0.2) is 0 Å². The van der Waals surface area contributed by atoms with E-state index in [0.717, 1.165) is 51.6 Å². The smallest absolute Gasteiger partial charge is 0.240 e. The van der Waals surface area contributed by atoms with Gasteiger partial charge in [0.05, 0.1) is 6.04 Å². The van der Waals surface area contributed by atoms with Crippen molar-refractivity contribution in [2.75, 3.05) is 24.5 Å². The Balaban J connectivity index is 1.44. The molecule has 0 bridgehead atoms. The highest BCUT2D eigenvalue weighted by Crippen LogP contribution is 2.38. The summed E-state index contributed by atoms with van der Waals surface area (Å²) in [7, 11) is 0. The molecule has 4 rings (SSSR count). The van der Waals surface area contributed by atoms with Gasteiger partial charge >= 0.3 is 0 Å². The van der Waals surface area contributed by atoms with Gasteiger partial charge in [-0.25, -0.2) is 4.39 Å². The molecular formula is C20H26FN3O2. The van der Waals surface area contributed by atoms with Crippen molar-refractivity contribution in [3.63, 3.8) is 0 Å². The molecule has 0 radical (unpaired) electrons. The molecule has 1 aromatic carbocycles. The number of likely N-dealkylation sites (tertiary alicyclic amines) is 1. The molecule has 140 valence electrons. The van der Waals surface area contributed by atoms with Gasteiger partial charge in [-0.1, -0.05) is 12.8 Å². The standard InChI is InChI=1S/C20H26FN3O2/c21-15-5-7-17(8-6-15)24-14-16(13-18(24)25)22-19(26)20(9-1-2-10-20)23-11-3-4-12-23/h5-8,16H,1-4,9-14H2,(H,22,26). The molecule has 26 heavy (non-hydrogen) atoms. The van der Waals surface area contributed by atoms with Crippen LogP contribution < -0.4 is 10.2 Å². The van der Waals surface area contributed by atoms with Crippen molar-refractivity contribution in [2.24, 2.45) is 0 Å². The maximum Gasteiger partial charge on any atom is 0.240 e. The normalized spacial score (nSPS) is 25.8. The fourth-order valence-electron chi connectivity index (χ4n) is 4.79. The third kappa shape index (κ3) is 3.11. The molecule has 1 atom stereocenters. The number of rotatable bonds is 4. The number of nitrogens with one attached hydrogen (secondary N) is 1. The molecule has 0 aromatic heterocycles. The maximum absolute atomic E-state index is 13.2. The zero-order valence-corrected chi connectivity index (χ0v) is 15.0. The molecule has 1 aliphatic carbocycles. The average molecular weight is 359 g/mol. The highest BCUT2D eigenvalue weighted by Gasteiger charge is 2.48. The highest BCUT2D eigenvalue weighted by atomic mass is 19.1. The van der Waals surface area contributed by atoms with Crippen LogP contribution in [0.2, 0.25) is 0 Å². The summed E-state index contributed by atoms with van der Waals surface area (Å²) in [6.07, 6.45) is 6.65.